The van der Waals surface area contributed by atoms with Crippen LogP contribution >= 0.6 is 0 Å². The van der Waals surface area contributed by atoms with Crippen LogP contribution in [0.1, 0.15) is 85.5 Å². The Hall–Kier alpha value is -0.860. The summed E-state index contributed by atoms with van der Waals surface area (Å²) in [6.45, 7) is 7.72. The molecule has 0 bridgehead atoms. The Balaban J connectivity index is 2.27. The number of carbonyl (C=O) groups excluding carboxylic acids is 2. The molecule has 1 fully saturated rings. The smallest absolute Gasteiger partial charge is 0.313 e. The molecule has 0 aromatic carbocycles. The minimum Gasteiger partial charge on any atom is -0.460 e. The van der Waals surface area contributed by atoms with Gasteiger partial charge in [0.2, 0.25) is 0 Å². The molecular formula is C18H32O3. The molecule has 1 saturated carbocycles. The van der Waals surface area contributed by atoms with Crippen LogP contribution in [0.25, 0.3) is 0 Å². The van der Waals surface area contributed by atoms with Crippen molar-refractivity contribution in [2.45, 2.75) is 91.1 Å². The first kappa shape index (κ1) is 18.2. The minimum atomic E-state index is -0.506. The van der Waals surface area contributed by atoms with Crippen molar-refractivity contribution in [1.82, 2.24) is 0 Å². The second-order valence-corrected chi connectivity index (χ2v) is 7.44. The molecule has 0 amide bonds. The average molecular weight is 296 g/mol. The molecule has 0 unspecified atom stereocenters. The van der Waals surface area contributed by atoms with Crippen molar-refractivity contribution >= 4 is 11.8 Å². The number of hydrogen-bond donors (Lipinski definition) is 0. The van der Waals surface area contributed by atoms with E-state index in [1.54, 1.807) is 0 Å². The first-order valence-electron chi connectivity index (χ1n) is 8.56. The lowest BCUT2D eigenvalue weighted by atomic mass is 9.77. The summed E-state index contributed by atoms with van der Waals surface area (Å²) >= 11 is 0. The SMILES string of the molecule is CCCCCC1CCC(C(=O)CC(=O)OC(C)(C)C)CC1. The van der Waals surface area contributed by atoms with Gasteiger partial charge >= 0.3 is 5.97 Å². The van der Waals surface area contributed by atoms with Crippen molar-refractivity contribution in [3.8, 4) is 0 Å². The molecule has 0 heterocycles. The predicted molar refractivity (Wildman–Crippen MR) is 85.1 cm³/mol. The van der Waals surface area contributed by atoms with Crippen molar-refractivity contribution < 1.29 is 14.3 Å². The van der Waals surface area contributed by atoms with Crippen LogP contribution in [-0.2, 0) is 14.3 Å². The maximum atomic E-state index is 12.2. The Morgan fingerprint density at radius 1 is 1.05 bits per heavy atom. The number of ether oxygens (including phenoxy) is 1. The zero-order valence-corrected chi connectivity index (χ0v) is 14.2. The van der Waals surface area contributed by atoms with E-state index in [9.17, 15) is 9.59 Å². The number of esters is 1. The number of hydrogen-bond acceptors (Lipinski definition) is 3. The molecule has 1 aliphatic carbocycles. The van der Waals surface area contributed by atoms with Gasteiger partial charge in [-0.2, -0.15) is 0 Å². The van der Waals surface area contributed by atoms with Crippen molar-refractivity contribution in [3.05, 3.63) is 0 Å². The van der Waals surface area contributed by atoms with Crippen LogP contribution < -0.4 is 0 Å². The van der Waals surface area contributed by atoms with Crippen LogP contribution in [0.3, 0.4) is 0 Å². The molecule has 0 aromatic rings. The van der Waals surface area contributed by atoms with E-state index in [1.165, 1.54) is 25.7 Å². The van der Waals surface area contributed by atoms with Crippen LogP contribution in [0.5, 0.6) is 0 Å². The van der Waals surface area contributed by atoms with Crippen LogP contribution in [0.15, 0.2) is 0 Å². The molecule has 0 N–H and O–H groups in total. The summed E-state index contributed by atoms with van der Waals surface area (Å²) in [6.07, 6.45) is 9.36. The molecule has 0 atom stereocenters. The lowest BCUT2D eigenvalue weighted by molar-refractivity contribution is -0.156. The largest absolute Gasteiger partial charge is 0.460 e. The number of carbonyl (C=O) groups is 2. The monoisotopic (exact) mass is 296 g/mol. The first-order chi connectivity index (χ1) is 9.81. The fraction of sp³-hybridized carbons (Fsp3) is 0.889. The highest BCUT2D eigenvalue weighted by atomic mass is 16.6. The Labute approximate surface area is 129 Å². The van der Waals surface area contributed by atoms with Crippen LogP contribution in [0.2, 0.25) is 0 Å². The summed E-state index contributed by atoms with van der Waals surface area (Å²) < 4.78 is 5.23. The highest BCUT2D eigenvalue weighted by Gasteiger charge is 2.28. The lowest BCUT2D eigenvalue weighted by Crippen LogP contribution is -2.28. The van der Waals surface area contributed by atoms with Crippen LogP contribution in [0.4, 0.5) is 0 Å². The third kappa shape index (κ3) is 7.63. The van der Waals surface area contributed by atoms with E-state index in [0.29, 0.717) is 0 Å². The van der Waals surface area contributed by atoms with Crippen molar-refractivity contribution in [2.75, 3.05) is 0 Å². The lowest BCUT2D eigenvalue weighted by Gasteiger charge is -2.28. The molecule has 3 heteroatoms. The van der Waals surface area contributed by atoms with Gasteiger partial charge in [0.1, 0.15) is 17.8 Å². The van der Waals surface area contributed by atoms with E-state index in [1.807, 2.05) is 20.8 Å². The highest BCUT2D eigenvalue weighted by molar-refractivity contribution is 5.96. The summed E-state index contributed by atoms with van der Waals surface area (Å²) in [5, 5.41) is 0. The molecule has 1 rings (SSSR count). The molecule has 0 radical (unpaired) electrons. The van der Waals surface area contributed by atoms with Crippen molar-refractivity contribution in [2.24, 2.45) is 11.8 Å². The van der Waals surface area contributed by atoms with Gasteiger partial charge in [0, 0.05) is 5.92 Å². The second kappa shape index (κ2) is 8.55. The quantitative estimate of drug-likeness (QED) is 0.389. The third-order valence-electron chi connectivity index (χ3n) is 4.26. The molecular weight excluding hydrogens is 264 g/mol. The normalized spacial score (nSPS) is 22.9. The number of rotatable bonds is 7. The molecule has 0 saturated heterocycles. The molecule has 122 valence electrons. The molecule has 1 aliphatic rings. The molecule has 0 aromatic heterocycles. The third-order valence-corrected chi connectivity index (χ3v) is 4.26. The van der Waals surface area contributed by atoms with Crippen molar-refractivity contribution in [1.29, 1.82) is 0 Å². The maximum absolute atomic E-state index is 12.2. The van der Waals surface area contributed by atoms with E-state index < -0.39 is 5.60 Å². The molecule has 3 nitrogen and oxygen atoms in total. The van der Waals surface area contributed by atoms with Crippen molar-refractivity contribution in [3.63, 3.8) is 0 Å². The zero-order valence-electron chi connectivity index (χ0n) is 14.2. The van der Waals surface area contributed by atoms with Crippen LogP contribution in [0, 0.1) is 11.8 Å². The Kier molecular flexibility index (Phi) is 7.41. The second-order valence-electron chi connectivity index (χ2n) is 7.44. The standard InChI is InChI=1S/C18H32O3/c1-5-6-7-8-14-9-11-15(12-10-14)16(19)13-17(20)21-18(2,3)4/h14-15H,5-13H2,1-4H3. The van der Waals surface area contributed by atoms with Gasteiger partial charge in [0.05, 0.1) is 0 Å². The van der Waals surface area contributed by atoms with Gasteiger partial charge < -0.3 is 4.74 Å². The van der Waals surface area contributed by atoms with Gasteiger partial charge in [-0.25, -0.2) is 0 Å². The van der Waals surface area contributed by atoms with E-state index in [0.717, 1.165) is 31.6 Å². The predicted octanol–water partition coefficient (Wildman–Crippen LogP) is 4.67. The average Bonchev–Trinajstić information content (AvgIpc) is 2.37. The van der Waals surface area contributed by atoms with E-state index in [4.69, 9.17) is 4.74 Å². The number of unbranched alkanes of at least 4 members (excludes halogenated alkanes) is 2. The Morgan fingerprint density at radius 3 is 2.19 bits per heavy atom. The number of ketones is 1. The van der Waals surface area contributed by atoms with Gasteiger partial charge in [-0.15, -0.1) is 0 Å². The van der Waals surface area contributed by atoms with Gasteiger partial charge in [-0.05, 0) is 52.4 Å². The van der Waals surface area contributed by atoms with Crippen LogP contribution in [-0.4, -0.2) is 17.4 Å². The molecule has 21 heavy (non-hydrogen) atoms. The van der Waals surface area contributed by atoms with Gasteiger partial charge in [-0.3, -0.25) is 9.59 Å². The summed E-state index contributed by atoms with van der Waals surface area (Å²) in [6, 6.07) is 0. The zero-order chi connectivity index (χ0) is 15.9. The number of Topliss-reactive ketones (excluding diaryl/α,β-unsaturated/α-hetero) is 1. The van der Waals surface area contributed by atoms with E-state index >= 15 is 0 Å². The van der Waals surface area contributed by atoms with Gasteiger partial charge in [0.25, 0.3) is 0 Å². The fourth-order valence-corrected chi connectivity index (χ4v) is 3.12. The Bertz CT molecular complexity index is 333. The summed E-state index contributed by atoms with van der Waals surface area (Å²) in [5.74, 6) is 0.580. The summed E-state index contributed by atoms with van der Waals surface area (Å²) in [7, 11) is 0. The van der Waals surface area contributed by atoms with Gasteiger partial charge in [-0.1, -0.05) is 32.6 Å². The topological polar surface area (TPSA) is 43.4 Å². The summed E-state index contributed by atoms with van der Waals surface area (Å²) in [5.41, 5.74) is -0.506. The minimum absolute atomic E-state index is 0.0531. The maximum Gasteiger partial charge on any atom is 0.313 e. The molecule has 0 aliphatic heterocycles. The summed E-state index contributed by atoms with van der Waals surface area (Å²) in [4.78, 5) is 23.9. The highest BCUT2D eigenvalue weighted by Crippen LogP contribution is 2.33. The first-order valence-corrected chi connectivity index (χ1v) is 8.56. The Morgan fingerprint density at radius 2 is 1.67 bits per heavy atom. The van der Waals surface area contributed by atoms with E-state index in [2.05, 4.69) is 6.92 Å². The molecule has 0 spiro atoms. The van der Waals surface area contributed by atoms with E-state index in [-0.39, 0.29) is 24.1 Å². The fourth-order valence-electron chi connectivity index (χ4n) is 3.12. The van der Waals surface area contributed by atoms with Gasteiger partial charge in [0.15, 0.2) is 0 Å².